The first kappa shape index (κ1) is 79.9. The van der Waals surface area contributed by atoms with Crippen molar-refractivity contribution in [3.63, 3.8) is 0 Å². The van der Waals surface area contributed by atoms with Gasteiger partial charge in [-0.25, -0.2) is 0 Å². The first-order chi connectivity index (χ1) is 40.4. The molecule has 1 N–H and O–H groups in total. The molecule has 10 heteroatoms. The Bertz CT molecular complexity index is 1740. The highest BCUT2D eigenvalue weighted by molar-refractivity contribution is 7.45. The van der Waals surface area contributed by atoms with E-state index in [1.165, 1.54) is 148 Å². The Balaban J connectivity index is 5.16. The lowest BCUT2D eigenvalue weighted by atomic mass is 10.0. The van der Waals surface area contributed by atoms with Crippen molar-refractivity contribution in [3.8, 4) is 0 Å². The number of phosphoric acid groups is 1. The van der Waals surface area contributed by atoms with Gasteiger partial charge in [-0.1, -0.05) is 279 Å². The number of unbranched alkanes of at least 4 members (excludes halogenated alkanes) is 32. The summed E-state index contributed by atoms with van der Waals surface area (Å²) in [5, 5.41) is 3.04. The maximum absolute atomic E-state index is 13.6. The molecule has 9 nitrogen and oxygen atoms in total. The highest BCUT2D eigenvalue weighted by Crippen LogP contribution is 2.38. The lowest BCUT2D eigenvalue weighted by Gasteiger charge is -2.30. The molecule has 3 unspecified atom stereocenters. The van der Waals surface area contributed by atoms with Gasteiger partial charge < -0.3 is 28.5 Å². The van der Waals surface area contributed by atoms with Crippen molar-refractivity contribution < 1.29 is 37.3 Å². The van der Waals surface area contributed by atoms with Gasteiger partial charge in [-0.05, 0) is 109 Å². The molecule has 0 aliphatic carbocycles. The molecule has 0 saturated heterocycles. The van der Waals surface area contributed by atoms with Gasteiger partial charge in [0.25, 0.3) is 7.82 Å². The quantitative estimate of drug-likeness (QED) is 0.0212. The summed E-state index contributed by atoms with van der Waals surface area (Å²) in [6, 6.07) is -0.899. The average molecular weight is 1180 g/mol. The molecule has 0 radical (unpaired) electrons. The molecular weight excluding hydrogens is 1050 g/mol. The van der Waals surface area contributed by atoms with Crippen LogP contribution in [-0.4, -0.2) is 69.4 Å². The normalized spacial score (nSPS) is 14.2. The molecule has 83 heavy (non-hydrogen) atoms. The summed E-state index contributed by atoms with van der Waals surface area (Å²) in [5.41, 5.74) is 0. The van der Waals surface area contributed by atoms with Crippen LogP contribution >= 0.6 is 7.82 Å². The Kier molecular flexibility index (Phi) is 59.7. The number of carbonyl (C=O) groups excluding carboxylic acids is 2. The number of nitrogens with zero attached hydrogens (tertiary/aromatic N) is 1. The van der Waals surface area contributed by atoms with Crippen molar-refractivity contribution in [2.45, 2.75) is 315 Å². The van der Waals surface area contributed by atoms with Crippen LogP contribution in [0.3, 0.4) is 0 Å². The molecule has 0 aromatic rings. The lowest BCUT2D eigenvalue weighted by molar-refractivity contribution is -0.870. The smallest absolute Gasteiger partial charge is 0.306 e. The summed E-state index contributed by atoms with van der Waals surface area (Å²) >= 11 is 0. The van der Waals surface area contributed by atoms with Crippen molar-refractivity contribution in [1.29, 1.82) is 0 Å². The maximum Gasteiger partial charge on any atom is 0.306 e. The first-order valence-electron chi connectivity index (χ1n) is 34.5. The van der Waals surface area contributed by atoms with Crippen LogP contribution in [0, 0.1) is 0 Å². The van der Waals surface area contributed by atoms with Gasteiger partial charge in [-0.3, -0.25) is 14.2 Å². The molecule has 0 rings (SSSR count). The van der Waals surface area contributed by atoms with Gasteiger partial charge in [0, 0.05) is 12.8 Å². The predicted molar refractivity (Wildman–Crippen MR) is 358 cm³/mol. The van der Waals surface area contributed by atoms with Crippen molar-refractivity contribution in [3.05, 3.63) is 97.2 Å². The molecule has 0 aliphatic heterocycles. The number of allylic oxidation sites excluding steroid dienone is 15. The zero-order valence-corrected chi connectivity index (χ0v) is 55.8. The van der Waals surface area contributed by atoms with E-state index in [0.717, 1.165) is 122 Å². The number of rotatable bonds is 62. The minimum absolute atomic E-state index is 0.0278. The molecule has 0 aromatic heterocycles. The minimum atomic E-state index is -4.71. The Hall–Kier alpha value is -3.07. The summed E-state index contributed by atoms with van der Waals surface area (Å²) in [7, 11) is 1.17. The molecular formula is C73H131N2O7P. The Morgan fingerprint density at radius 2 is 0.771 bits per heavy atom. The topological polar surface area (TPSA) is 114 Å². The Morgan fingerprint density at radius 1 is 0.434 bits per heavy atom. The number of nitrogens with one attached hydrogen (secondary N) is 1. The van der Waals surface area contributed by atoms with Gasteiger partial charge in [-0.2, -0.15) is 0 Å². The van der Waals surface area contributed by atoms with Crippen LogP contribution < -0.4 is 10.2 Å². The van der Waals surface area contributed by atoms with E-state index in [1.807, 2.05) is 33.3 Å². The maximum atomic E-state index is 13.6. The number of quaternary nitrogens is 1. The number of hydrogen-bond acceptors (Lipinski definition) is 7. The molecule has 0 bridgehead atoms. The summed E-state index contributed by atoms with van der Waals surface area (Å²) in [5.74, 6) is -0.550. The monoisotopic (exact) mass is 1180 g/mol. The van der Waals surface area contributed by atoms with Gasteiger partial charge in [0.15, 0.2) is 0 Å². The molecule has 3 atom stereocenters. The number of ether oxygens (including phenoxy) is 1. The number of likely N-dealkylation sites (N-methyl/N-ethyl adjacent to an activating group) is 1. The third-order valence-electron chi connectivity index (χ3n) is 15.0. The van der Waals surface area contributed by atoms with E-state index in [9.17, 15) is 19.0 Å². The van der Waals surface area contributed by atoms with Crippen molar-refractivity contribution in [2.75, 3.05) is 40.9 Å². The van der Waals surface area contributed by atoms with Crippen LogP contribution in [0.1, 0.15) is 303 Å². The number of phosphoric ester groups is 1. The van der Waals surface area contributed by atoms with Gasteiger partial charge in [0.1, 0.15) is 19.3 Å². The van der Waals surface area contributed by atoms with E-state index in [1.54, 1.807) is 0 Å². The fraction of sp³-hybridized carbons (Fsp3) is 0.753. The Morgan fingerprint density at radius 3 is 1.18 bits per heavy atom. The van der Waals surface area contributed by atoms with E-state index in [2.05, 4.69) is 111 Å². The number of esters is 1. The molecule has 0 spiro atoms. The zero-order valence-electron chi connectivity index (χ0n) is 54.9. The number of amides is 1. The number of carbonyl (C=O) groups is 2. The van der Waals surface area contributed by atoms with Crippen LogP contribution in [0.15, 0.2) is 97.2 Å². The minimum Gasteiger partial charge on any atom is -0.756 e. The van der Waals surface area contributed by atoms with Crippen molar-refractivity contribution in [1.82, 2.24) is 5.32 Å². The van der Waals surface area contributed by atoms with Gasteiger partial charge in [-0.15, -0.1) is 0 Å². The van der Waals surface area contributed by atoms with Crippen LogP contribution in [-0.2, 0) is 27.9 Å². The van der Waals surface area contributed by atoms with E-state index in [-0.39, 0.29) is 24.9 Å². The highest BCUT2D eigenvalue weighted by atomic mass is 31.2. The van der Waals surface area contributed by atoms with E-state index in [4.69, 9.17) is 13.8 Å². The van der Waals surface area contributed by atoms with Gasteiger partial charge in [0.05, 0.1) is 33.8 Å². The van der Waals surface area contributed by atoms with Crippen molar-refractivity contribution >= 4 is 19.7 Å². The van der Waals surface area contributed by atoms with Crippen LogP contribution in [0.4, 0.5) is 0 Å². The predicted octanol–water partition coefficient (Wildman–Crippen LogP) is 21.3. The number of hydrogen-bond donors (Lipinski definition) is 1. The Labute approximate surface area is 513 Å². The fourth-order valence-corrected chi connectivity index (χ4v) is 10.4. The highest BCUT2D eigenvalue weighted by Gasteiger charge is 2.27. The summed E-state index contributed by atoms with van der Waals surface area (Å²) in [6.45, 7) is 6.72. The van der Waals surface area contributed by atoms with E-state index >= 15 is 0 Å². The molecule has 0 heterocycles. The zero-order chi connectivity index (χ0) is 60.7. The van der Waals surface area contributed by atoms with E-state index < -0.39 is 26.6 Å². The average Bonchev–Trinajstić information content (AvgIpc) is 3.46. The molecule has 0 aromatic carbocycles. The summed E-state index contributed by atoms with van der Waals surface area (Å²) in [4.78, 5) is 40.2. The van der Waals surface area contributed by atoms with Gasteiger partial charge >= 0.3 is 5.97 Å². The molecule has 480 valence electrons. The van der Waals surface area contributed by atoms with Crippen LogP contribution in [0.5, 0.6) is 0 Å². The SMILES string of the molecule is CC/C=C\C/C=C\C/C=C\C/C=C\C/C=C\CCCCCCCCCCCC(=O)NC(COP(=O)([O-])OCC[N+](C)(C)C)C(/C=C\CCCCCCCCCCCCC)OC(=O)CCCCCCCCCCC/C=C\C/C=C\CCCCC. The third-order valence-corrected chi connectivity index (χ3v) is 16.0. The molecule has 0 fully saturated rings. The second-order valence-corrected chi connectivity index (χ2v) is 25.7. The standard InChI is InChI=1S/C73H131N2O7P/c1-7-10-13-16-19-22-25-28-30-32-34-35-36-37-38-39-41-42-44-47-50-53-56-59-62-65-72(76)74-70(69-81-83(78,79)80-68-67-75(4,5)6)71(64-61-58-55-52-49-46-27-24-21-18-15-12-9-3)82-73(77)66-63-60-57-54-51-48-45-43-40-33-31-29-26-23-20-17-14-11-8-2/h10,13,19-20,22-23,28-31,34-35,37-38,61,64,70-71H,7-9,11-12,14-18,21,24-27,32-33,36,39-60,62-63,65-69H2,1-6H3,(H-,74,76,78,79)/b13-10-,22-19-,23-20-,30-28-,31-29-,35-34-,38-37-,64-61-. The second kappa shape index (κ2) is 62.0. The lowest BCUT2D eigenvalue weighted by Crippen LogP contribution is -2.47. The third kappa shape index (κ3) is 63.3. The second-order valence-electron chi connectivity index (χ2n) is 24.3. The van der Waals surface area contributed by atoms with Crippen LogP contribution in [0.25, 0.3) is 0 Å². The summed E-state index contributed by atoms with van der Waals surface area (Å²) < 4.78 is 30.4. The summed E-state index contributed by atoms with van der Waals surface area (Å²) in [6.07, 6.45) is 83.7. The van der Waals surface area contributed by atoms with E-state index in [0.29, 0.717) is 17.4 Å². The largest absolute Gasteiger partial charge is 0.756 e. The first-order valence-corrected chi connectivity index (χ1v) is 36.0. The molecule has 1 amide bonds. The molecule has 0 aliphatic rings. The van der Waals surface area contributed by atoms with Crippen molar-refractivity contribution in [2.24, 2.45) is 0 Å². The van der Waals surface area contributed by atoms with Gasteiger partial charge in [0.2, 0.25) is 5.91 Å². The molecule has 0 saturated carbocycles. The van der Waals surface area contributed by atoms with Crippen LogP contribution in [0.2, 0.25) is 0 Å². The fourth-order valence-electron chi connectivity index (χ4n) is 9.70.